The molecule has 2 aliphatic rings. The molecular weight excluding hydrogens is 496 g/mol. The standard InChI is InChI=1S/C30H32N4O5/c1-18-13-20(3)24(14-19(18)2)25-15-26(34(32-25)21-9-5-4-6-10-21)31-27(35)17-39-28(36)16-33-29(37)22-11-7-8-12-23(22)30(33)38/h4-6,9-10,13-15,22-23H,7-8,11-12,16-17H2,1-3H3,(H,31,35)/t22-,23-/m1/s1. The predicted molar refractivity (Wildman–Crippen MR) is 145 cm³/mol. The van der Waals surface area contributed by atoms with E-state index in [9.17, 15) is 19.2 Å². The molecule has 0 unspecified atom stereocenters. The van der Waals surface area contributed by atoms with Crippen LogP contribution in [0.1, 0.15) is 42.4 Å². The number of aromatic nitrogens is 2. The quantitative estimate of drug-likeness (QED) is 0.365. The SMILES string of the molecule is Cc1cc(C)c(-c2cc(NC(=O)COC(=O)CN3C(=O)[C@@H]4CCCC[C@H]4C3=O)n(-c3ccccc3)n2)cc1C. The van der Waals surface area contributed by atoms with Crippen molar-refractivity contribution in [1.82, 2.24) is 14.7 Å². The van der Waals surface area contributed by atoms with Gasteiger partial charge in [0, 0.05) is 11.6 Å². The summed E-state index contributed by atoms with van der Waals surface area (Å²) in [5.74, 6) is -2.24. The van der Waals surface area contributed by atoms with Gasteiger partial charge in [0.25, 0.3) is 5.91 Å². The number of likely N-dealkylation sites (tertiary alicyclic amines) is 1. The number of imide groups is 1. The number of esters is 1. The minimum Gasteiger partial charge on any atom is -0.454 e. The van der Waals surface area contributed by atoms with Gasteiger partial charge in [0.05, 0.1) is 23.2 Å². The predicted octanol–water partition coefficient (Wildman–Crippen LogP) is 4.12. The molecule has 9 nitrogen and oxygen atoms in total. The Morgan fingerprint density at radius 3 is 2.23 bits per heavy atom. The zero-order chi connectivity index (χ0) is 27.7. The Morgan fingerprint density at radius 1 is 0.923 bits per heavy atom. The Kier molecular flexibility index (Phi) is 7.32. The number of para-hydroxylation sites is 1. The van der Waals surface area contributed by atoms with Crippen LogP contribution >= 0.6 is 0 Å². The van der Waals surface area contributed by atoms with Gasteiger partial charge in [0.1, 0.15) is 12.4 Å². The van der Waals surface area contributed by atoms with Crippen LogP contribution in [-0.4, -0.2) is 51.5 Å². The number of hydrogen-bond donors (Lipinski definition) is 1. The molecular formula is C30H32N4O5. The highest BCUT2D eigenvalue weighted by molar-refractivity contribution is 6.07. The van der Waals surface area contributed by atoms with Gasteiger partial charge in [-0.25, -0.2) is 4.68 Å². The zero-order valence-corrected chi connectivity index (χ0v) is 22.4. The highest BCUT2D eigenvalue weighted by Gasteiger charge is 2.48. The van der Waals surface area contributed by atoms with Crippen molar-refractivity contribution in [2.75, 3.05) is 18.5 Å². The summed E-state index contributed by atoms with van der Waals surface area (Å²) in [6.45, 7) is 5.09. The lowest BCUT2D eigenvalue weighted by Crippen LogP contribution is -2.37. The van der Waals surface area contributed by atoms with E-state index in [0.29, 0.717) is 24.4 Å². The fourth-order valence-electron chi connectivity index (χ4n) is 5.49. The van der Waals surface area contributed by atoms with Gasteiger partial charge in [-0.05, 0) is 68.5 Å². The highest BCUT2D eigenvalue weighted by Crippen LogP contribution is 2.38. The largest absolute Gasteiger partial charge is 0.454 e. The fraction of sp³-hybridized carbons (Fsp3) is 0.367. The number of fused-ring (bicyclic) bond motifs is 1. The minimum absolute atomic E-state index is 0.313. The Balaban J connectivity index is 1.28. The summed E-state index contributed by atoms with van der Waals surface area (Å²) in [5, 5.41) is 7.55. The van der Waals surface area contributed by atoms with Crippen LogP contribution in [0, 0.1) is 32.6 Å². The van der Waals surface area contributed by atoms with Gasteiger partial charge < -0.3 is 10.1 Å². The molecule has 0 bridgehead atoms. The molecule has 1 aliphatic carbocycles. The average Bonchev–Trinajstić information content (AvgIpc) is 3.45. The average molecular weight is 529 g/mol. The van der Waals surface area contributed by atoms with Crippen molar-refractivity contribution >= 4 is 29.5 Å². The van der Waals surface area contributed by atoms with E-state index in [4.69, 9.17) is 9.84 Å². The van der Waals surface area contributed by atoms with E-state index in [1.807, 2.05) is 44.2 Å². The molecule has 2 heterocycles. The number of carbonyl (C=O) groups is 4. The first-order valence-corrected chi connectivity index (χ1v) is 13.3. The molecule has 1 saturated carbocycles. The first-order valence-electron chi connectivity index (χ1n) is 13.3. The Bertz CT molecular complexity index is 1420. The zero-order valence-electron chi connectivity index (χ0n) is 22.4. The second kappa shape index (κ2) is 10.8. The van der Waals surface area contributed by atoms with Gasteiger partial charge in [0.15, 0.2) is 6.61 Å². The normalized spacial score (nSPS) is 18.7. The Labute approximate surface area is 227 Å². The molecule has 202 valence electrons. The smallest absolute Gasteiger partial charge is 0.326 e. The van der Waals surface area contributed by atoms with Crippen LogP contribution in [-0.2, 0) is 23.9 Å². The lowest BCUT2D eigenvalue weighted by atomic mass is 9.81. The number of nitrogens with zero attached hydrogens (tertiary/aromatic N) is 3. The number of benzene rings is 2. The molecule has 39 heavy (non-hydrogen) atoms. The molecule has 3 amide bonds. The summed E-state index contributed by atoms with van der Waals surface area (Å²) in [4.78, 5) is 51.5. The van der Waals surface area contributed by atoms with Gasteiger partial charge in [-0.1, -0.05) is 37.1 Å². The lowest BCUT2D eigenvalue weighted by Gasteiger charge is -2.19. The van der Waals surface area contributed by atoms with E-state index in [1.54, 1.807) is 10.7 Å². The molecule has 1 aliphatic heterocycles. The van der Waals surface area contributed by atoms with Crippen LogP contribution in [0.25, 0.3) is 16.9 Å². The van der Waals surface area contributed by atoms with Crippen molar-refractivity contribution < 1.29 is 23.9 Å². The number of anilines is 1. The van der Waals surface area contributed by atoms with Gasteiger partial charge in [-0.3, -0.25) is 24.1 Å². The van der Waals surface area contributed by atoms with Crippen molar-refractivity contribution in [3.8, 4) is 16.9 Å². The molecule has 2 fully saturated rings. The number of hydrogen-bond acceptors (Lipinski definition) is 6. The van der Waals surface area contributed by atoms with Crippen molar-refractivity contribution in [3.05, 3.63) is 65.2 Å². The third kappa shape index (κ3) is 5.34. The van der Waals surface area contributed by atoms with Crippen LogP contribution in [0.5, 0.6) is 0 Å². The first kappa shape index (κ1) is 26.3. The first-order chi connectivity index (χ1) is 18.7. The van der Waals surface area contributed by atoms with E-state index in [-0.39, 0.29) is 23.7 Å². The van der Waals surface area contributed by atoms with Gasteiger partial charge in [0.2, 0.25) is 11.8 Å². The van der Waals surface area contributed by atoms with Crippen molar-refractivity contribution in [1.29, 1.82) is 0 Å². The highest BCUT2D eigenvalue weighted by atomic mass is 16.5. The van der Waals surface area contributed by atoms with E-state index >= 15 is 0 Å². The summed E-state index contributed by atoms with van der Waals surface area (Å²) >= 11 is 0. The van der Waals surface area contributed by atoms with E-state index < -0.39 is 25.0 Å². The van der Waals surface area contributed by atoms with Gasteiger partial charge >= 0.3 is 5.97 Å². The van der Waals surface area contributed by atoms with Crippen LogP contribution < -0.4 is 5.32 Å². The third-order valence-electron chi connectivity index (χ3n) is 7.68. The molecule has 2 atom stereocenters. The van der Waals surface area contributed by atoms with Crippen molar-refractivity contribution in [2.45, 2.75) is 46.5 Å². The number of nitrogens with one attached hydrogen (secondary N) is 1. The van der Waals surface area contributed by atoms with Crippen LogP contribution in [0.3, 0.4) is 0 Å². The van der Waals surface area contributed by atoms with Gasteiger partial charge in [-0.2, -0.15) is 5.10 Å². The Hall–Kier alpha value is -4.27. The number of ether oxygens (including phenoxy) is 1. The molecule has 3 aromatic rings. The maximum absolute atomic E-state index is 12.8. The van der Waals surface area contributed by atoms with Crippen LogP contribution in [0.15, 0.2) is 48.5 Å². The summed E-state index contributed by atoms with van der Waals surface area (Å²) in [5.41, 5.74) is 5.79. The molecule has 5 rings (SSSR count). The third-order valence-corrected chi connectivity index (χ3v) is 7.68. The fourth-order valence-corrected chi connectivity index (χ4v) is 5.49. The summed E-state index contributed by atoms with van der Waals surface area (Å²) in [6.07, 6.45) is 3.15. The van der Waals surface area contributed by atoms with Crippen molar-refractivity contribution in [2.24, 2.45) is 11.8 Å². The van der Waals surface area contributed by atoms with Crippen LogP contribution in [0.4, 0.5) is 5.82 Å². The Morgan fingerprint density at radius 2 is 1.56 bits per heavy atom. The topological polar surface area (TPSA) is 111 Å². The number of rotatable bonds is 7. The molecule has 1 N–H and O–H groups in total. The molecule has 1 saturated heterocycles. The number of aryl methyl sites for hydroxylation is 3. The second-order valence-electron chi connectivity index (χ2n) is 10.4. The summed E-state index contributed by atoms with van der Waals surface area (Å²) in [6, 6.07) is 15.4. The van der Waals surface area contributed by atoms with E-state index in [2.05, 4.69) is 24.4 Å². The van der Waals surface area contributed by atoms with Gasteiger partial charge in [-0.15, -0.1) is 0 Å². The van der Waals surface area contributed by atoms with E-state index in [1.165, 1.54) is 5.56 Å². The maximum Gasteiger partial charge on any atom is 0.326 e. The summed E-state index contributed by atoms with van der Waals surface area (Å²) in [7, 11) is 0. The molecule has 0 spiro atoms. The number of carbonyl (C=O) groups excluding carboxylic acids is 4. The second-order valence-corrected chi connectivity index (χ2v) is 10.4. The van der Waals surface area contributed by atoms with E-state index in [0.717, 1.165) is 40.1 Å². The summed E-state index contributed by atoms with van der Waals surface area (Å²) < 4.78 is 6.78. The molecule has 0 radical (unpaired) electrons. The monoisotopic (exact) mass is 528 g/mol. The lowest BCUT2D eigenvalue weighted by molar-refractivity contribution is -0.154. The maximum atomic E-state index is 12.8. The minimum atomic E-state index is -0.798. The van der Waals surface area contributed by atoms with Crippen LogP contribution in [0.2, 0.25) is 0 Å². The van der Waals surface area contributed by atoms with Crippen molar-refractivity contribution in [3.63, 3.8) is 0 Å². The molecule has 2 aromatic carbocycles. The molecule has 9 heteroatoms. The molecule has 1 aromatic heterocycles. The number of amides is 3.